The highest BCUT2D eigenvalue weighted by Gasteiger charge is 2.32. The summed E-state index contributed by atoms with van der Waals surface area (Å²) in [6.07, 6.45) is 1.85. The Morgan fingerprint density at radius 2 is 2.07 bits per heavy atom. The Hall–Kier alpha value is -1.83. The number of piperazine rings is 1. The van der Waals surface area contributed by atoms with Gasteiger partial charge in [-0.15, -0.1) is 0 Å². The first kappa shape index (κ1) is 18.5. The normalized spacial score (nSPS) is 21.8. The van der Waals surface area contributed by atoms with E-state index in [0.29, 0.717) is 29.7 Å². The van der Waals surface area contributed by atoms with Crippen molar-refractivity contribution in [3.63, 3.8) is 0 Å². The molecule has 0 saturated carbocycles. The molecule has 0 aliphatic carbocycles. The predicted molar refractivity (Wildman–Crippen MR) is 104 cm³/mol. The molecule has 2 aliphatic heterocycles. The van der Waals surface area contributed by atoms with Gasteiger partial charge in [0.1, 0.15) is 5.52 Å². The summed E-state index contributed by atoms with van der Waals surface area (Å²) in [6.45, 7) is 5.45. The standard InChI is InChI=1S/C19H25ClN4O3/c20-15-3-4-17-16(12-15)21-19(27-17)24-5-1-2-14(13-24)18(26)23-8-6-22(7-9-23)10-11-25/h3-4,12,14,25H,1-2,5-11,13H2. The van der Waals surface area contributed by atoms with Gasteiger partial charge in [-0.25, -0.2) is 0 Å². The molecular weight excluding hydrogens is 368 g/mol. The number of nitrogens with zero attached hydrogens (tertiary/aromatic N) is 4. The van der Waals surface area contributed by atoms with Gasteiger partial charge in [0.15, 0.2) is 5.58 Å². The third-order valence-electron chi connectivity index (χ3n) is 5.48. The maximum atomic E-state index is 13.0. The smallest absolute Gasteiger partial charge is 0.298 e. The molecule has 1 N–H and O–H groups in total. The molecule has 1 aromatic heterocycles. The molecule has 1 amide bonds. The molecule has 27 heavy (non-hydrogen) atoms. The zero-order chi connectivity index (χ0) is 18.8. The largest absolute Gasteiger partial charge is 0.423 e. The van der Waals surface area contributed by atoms with Crippen LogP contribution in [0, 0.1) is 5.92 Å². The lowest BCUT2D eigenvalue weighted by atomic mass is 9.96. The van der Waals surface area contributed by atoms with Gasteiger partial charge < -0.3 is 19.3 Å². The molecule has 2 aliphatic rings. The highest BCUT2D eigenvalue weighted by Crippen LogP contribution is 2.28. The third kappa shape index (κ3) is 4.05. The molecule has 7 nitrogen and oxygen atoms in total. The van der Waals surface area contributed by atoms with Crippen LogP contribution in [0.3, 0.4) is 0 Å². The van der Waals surface area contributed by atoms with Gasteiger partial charge in [-0.3, -0.25) is 9.69 Å². The minimum absolute atomic E-state index is 0.0262. The number of piperidine rings is 1. The molecule has 0 bridgehead atoms. The zero-order valence-corrected chi connectivity index (χ0v) is 16.1. The molecule has 4 rings (SSSR count). The van der Waals surface area contributed by atoms with E-state index >= 15 is 0 Å². The Labute approximate surface area is 163 Å². The summed E-state index contributed by atoms with van der Waals surface area (Å²) >= 11 is 6.03. The highest BCUT2D eigenvalue weighted by molar-refractivity contribution is 6.31. The monoisotopic (exact) mass is 392 g/mol. The molecule has 146 valence electrons. The number of hydrogen-bond acceptors (Lipinski definition) is 6. The molecular formula is C19H25ClN4O3. The van der Waals surface area contributed by atoms with Crippen LogP contribution in [0.15, 0.2) is 22.6 Å². The number of benzene rings is 1. The quantitative estimate of drug-likeness (QED) is 0.855. The first-order valence-electron chi connectivity index (χ1n) is 9.57. The van der Waals surface area contributed by atoms with E-state index in [1.807, 2.05) is 11.0 Å². The van der Waals surface area contributed by atoms with Crippen LogP contribution in [0.2, 0.25) is 5.02 Å². The van der Waals surface area contributed by atoms with E-state index < -0.39 is 0 Å². The van der Waals surface area contributed by atoms with E-state index in [9.17, 15) is 4.79 Å². The average molecular weight is 393 g/mol. The van der Waals surface area contributed by atoms with Crippen LogP contribution in [0.5, 0.6) is 0 Å². The Balaban J connectivity index is 1.40. The summed E-state index contributed by atoms with van der Waals surface area (Å²) in [5, 5.41) is 9.69. The van der Waals surface area contributed by atoms with Gasteiger partial charge >= 0.3 is 0 Å². The van der Waals surface area contributed by atoms with Crippen molar-refractivity contribution in [2.24, 2.45) is 5.92 Å². The molecule has 0 radical (unpaired) electrons. The summed E-state index contributed by atoms with van der Waals surface area (Å²) in [7, 11) is 0. The second-order valence-corrected chi connectivity index (χ2v) is 7.72. The third-order valence-corrected chi connectivity index (χ3v) is 5.71. The van der Waals surface area contributed by atoms with Crippen molar-refractivity contribution in [2.45, 2.75) is 12.8 Å². The van der Waals surface area contributed by atoms with E-state index in [2.05, 4.69) is 14.8 Å². The van der Waals surface area contributed by atoms with Crippen LogP contribution in [0.4, 0.5) is 6.01 Å². The summed E-state index contributed by atoms with van der Waals surface area (Å²) in [6, 6.07) is 5.98. The molecule has 3 heterocycles. The number of β-amino-alcohol motifs (C(OH)–C–C–N with tert-alkyl or cyclic N) is 1. The van der Waals surface area contributed by atoms with Crippen LogP contribution in [0.1, 0.15) is 12.8 Å². The van der Waals surface area contributed by atoms with Crippen LogP contribution in [0.25, 0.3) is 11.1 Å². The van der Waals surface area contributed by atoms with Crippen LogP contribution in [-0.2, 0) is 4.79 Å². The highest BCUT2D eigenvalue weighted by atomic mass is 35.5. The van der Waals surface area contributed by atoms with E-state index in [1.54, 1.807) is 12.1 Å². The number of anilines is 1. The van der Waals surface area contributed by atoms with Crippen LogP contribution in [-0.4, -0.2) is 78.2 Å². The van der Waals surface area contributed by atoms with E-state index in [-0.39, 0.29) is 18.4 Å². The van der Waals surface area contributed by atoms with E-state index in [0.717, 1.165) is 51.1 Å². The average Bonchev–Trinajstić information content (AvgIpc) is 3.12. The second kappa shape index (κ2) is 8.04. The molecule has 0 spiro atoms. The second-order valence-electron chi connectivity index (χ2n) is 7.28. The van der Waals surface area contributed by atoms with Crippen LogP contribution < -0.4 is 4.90 Å². The first-order chi connectivity index (χ1) is 13.1. The number of aliphatic hydroxyl groups is 1. The zero-order valence-electron chi connectivity index (χ0n) is 15.3. The maximum Gasteiger partial charge on any atom is 0.298 e. The van der Waals surface area contributed by atoms with Crippen molar-refractivity contribution in [3.8, 4) is 0 Å². The molecule has 1 atom stereocenters. The number of carbonyl (C=O) groups is 1. The van der Waals surface area contributed by atoms with Gasteiger partial charge in [-0.05, 0) is 31.0 Å². The Morgan fingerprint density at radius 3 is 2.85 bits per heavy atom. The fourth-order valence-corrected chi connectivity index (χ4v) is 4.13. The molecule has 1 aromatic carbocycles. The van der Waals surface area contributed by atoms with E-state index in [1.165, 1.54) is 0 Å². The molecule has 2 aromatic rings. The summed E-state index contributed by atoms with van der Waals surface area (Å²) in [4.78, 5) is 23.8. The van der Waals surface area contributed by atoms with Crippen molar-refractivity contribution in [1.82, 2.24) is 14.8 Å². The fourth-order valence-electron chi connectivity index (χ4n) is 3.97. The van der Waals surface area contributed by atoms with Crippen molar-refractivity contribution in [1.29, 1.82) is 0 Å². The van der Waals surface area contributed by atoms with Crippen molar-refractivity contribution < 1.29 is 14.3 Å². The number of hydrogen-bond donors (Lipinski definition) is 1. The SMILES string of the molecule is O=C(C1CCCN(c2nc3cc(Cl)ccc3o2)C1)N1CCN(CCO)CC1. The number of aromatic nitrogens is 1. The number of carbonyl (C=O) groups excluding carboxylic acids is 1. The minimum Gasteiger partial charge on any atom is -0.423 e. The van der Waals surface area contributed by atoms with E-state index in [4.69, 9.17) is 21.1 Å². The number of oxazole rings is 1. The number of aliphatic hydroxyl groups excluding tert-OH is 1. The van der Waals surface area contributed by atoms with Crippen LogP contribution >= 0.6 is 11.6 Å². The molecule has 1 unspecified atom stereocenters. The maximum absolute atomic E-state index is 13.0. The molecule has 2 saturated heterocycles. The predicted octanol–water partition coefficient (Wildman–Crippen LogP) is 1.83. The Kier molecular flexibility index (Phi) is 5.52. The van der Waals surface area contributed by atoms with Gasteiger partial charge in [-0.2, -0.15) is 4.98 Å². The molecule has 8 heteroatoms. The minimum atomic E-state index is -0.0262. The lowest BCUT2D eigenvalue weighted by Gasteiger charge is -2.38. The van der Waals surface area contributed by atoms with Crippen molar-refractivity contribution in [2.75, 3.05) is 57.3 Å². The lowest BCUT2D eigenvalue weighted by molar-refractivity contribution is -0.137. The van der Waals surface area contributed by atoms with Gasteiger partial charge in [0.2, 0.25) is 5.91 Å². The Morgan fingerprint density at radius 1 is 1.26 bits per heavy atom. The number of fused-ring (bicyclic) bond motifs is 1. The number of halogens is 1. The number of rotatable bonds is 4. The number of amides is 1. The van der Waals surface area contributed by atoms with Gasteiger partial charge in [-0.1, -0.05) is 11.6 Å². The summed E-state index contributed by atoms with van der Waals surface area (Å²) < 4.78 is 5.88. The summed E-state index contributed by atoms with van der Waals surface area (Å²) in [5.74, 6) is 0.198. The molecule has 2 fully saturated rings. The van der Waals surface area contributed by atoms with Crippen molar-refractivity contribution in [3.05, 3.63) is 23.2 Å². The van der Waals surface area contributed by atoms with Gasteiger partial charge in [0.05, 0.1) is 12.5 Å². The van der Waals surface area contributed by atoms with Crippen molar-refractivity contribution >= 4 is 34.6 Å². The Bertz CT molecular complexity index is 803. The fraction of sp³-hybridized carbons (Fsp3) is 0.579. The first-order valence-corrected chi connectivity index (χ1v) is 9.95. The van der Waals surface area contributed by atoms with Gasteiger partial charge in [0.25, 0.3) is 6.01 Å². The summed E-state index contributed by atoms with van der Waals surface area (Å²) in [5.41, 5.74) is 1.45. The topological polar surface area (TPSA) is 73.1 Å². The lowest BCUT2D eigenvalue weighted by Crippen LogP contribution is -2.53. The van der Waals surface area contributed by atoms with Gasteiger partial charge in [0, 0.05) is 50.8 Å².